The van der Waals surface area contributed by atoms with Gasteiger partial charge in [-0.25, -0.2) is 4.98 Å². The number of nitrogens with one attached hydrogen (secondary N) is 1. The number of carbonyl (C=O) groups is 1. The molecule has 0 aliphatic heterocycles. The third kappa shape index (κ3) is 3.73. The van der Waals surface area contributed by atoms with Gasteiger partial charge in [-0.2, -0.15) is 13.2 Å². The summed E-state index contributed by atoms with van der Waals surface area (Å²) in [7, 11) is 0. The predicted molar refractivity (Wildman–Crippen MR) is 66.4 cm³/mol. The van der Waals surface area contributed by atoms with E-state index < -0.39 is 22.1 Å². The maximum Gasteiger partial charge on any atom is 0.434 e. The third-order valence-corrected chi connectivity index (χ3v) is 4.37. The van der Waals surface area contributed by atoms with Crippen LogP contribution in [-0.2, 0) is 17.4 Å². The molecule has 0 saturated heterocycles. The number of carbonyl (C=O) groups excluding carboxylic acids is 1. The molecule has 1 heterocycles. The van der Waals surface area contributed by atoms with Crippen LogP contribution in [0.5, 0.6) is 0 Å². The van der Waals surface area contributed by atoms with Crippen molar-refractivity contribution in [2.45, 2.75) is 23.4 Å². The van der Waals surface area contributed by atoms with Gasteiger partial charge in [-0.05, 0) is 6.42 Å². The van der Waals surface area contributed by atoms with Crippen LogP contribution in [0.2, 0.25) is 0 Å². The molecule has 1 N–H and O–H groups in total. The molecule has 1 fully saturated rings. The number of rotatable bonds is 4. The van der Waals surface area contributed by atoms with Crippen molar-refractivity contribution >= 4 is 40.4 Å². The fourth-order valence-corrected chi connectivity index (χ4v) is 2.78. The smallest absolute Gasteiger partial charge is 0.355 e. The van der Waals surface area contributed by atoms with Crippen LogP contribution >= 0.6 is 34.5 Å². The fourth-order valence-electron chi connectivity index (χ4n) is 1.47. The molecule has 0 radical (unpaired) electrons. The fraction of sp³-hybridized carbons (Fsp3) is 0.600. The Morgan fingerprint density at radius 3 is 2.68 bits per heavy atom. The minimum absolute atomic E-state index is 0.212. The van der Waals surface area contributed by atoms with E-state index >= 15 is 0 Å². The van der Waals surface area contributed by atoms with Crippen LogP contribution in [-0.4, -0.2) is 21.8 Å². The predicted octanol–water partition coefficient (Wildman–Crippen LogP) is 3.01. The standard InChI is InChI=1S/C10H9Cl2F3N2OS/c11-9(12)3-5(9)8(18)16-2-1-7-17-6(4-19-7)10(13,14)15/h4-5H,1-3H2,(H,16,18). The summed E-state index contributed by atoms with van der Waals surface area (Å²) in [5.41, 5.74) is -0.901. The van der Waals surface area contributed by atoms with Crippen LogP contribution in [0.3, 0.4) is 0 Å². The molecule has 2 rings (SSSR count). The van der Waals surface area contributed by atoms with Crippen LogP contribution < -0.4 is 5.32 Å². The van der Waals surface area contributed by atoms with E-state index in [0.29, 0.717) is 11.4 Å². The highest BCUT2D eigenvalue weighted by atomic mass is 35.5. The van der Waals surface area contributed by atoms with Crippen molar-refractivity contribution in [3.8, 4) is 0 Å². The third-order valence-electron chi connectivity index (χ3n) is 2.62. The second kappa shape index (κ2) is 5.10. The van der Waals surface area contributed by atoms with Gasteiger partial charge >= 0.3 is 6.18 Å². The lowest BCUT2D eigenvalue weighted by Gasteiger charge is -2.03. The Kier molecular flexibility index (Phi) is 3.99. The van der Waals surface area contributed by atoms with E-state index in [4.69, 9.17) is 23.2 Å². The van der Waals surface area contributed by atoms with Crippen LogP contribution in [0, 0.1) is 5.92 Å². The molecule has 19 heavy (non-hydrogen) atoms. The van der Waals surface area contributed by atoms with Crippen molar-refractivity contribution in [2.75, 3.05) is 6.54 Å². The van der Waals surface area contributed by atoms with Gasteiger partial charge in [0.25, 0.3) is 0 Å². The zero-order valence-electron chi connectivity index (χ0n) is 9.43. The summed E-state index contributed by atoms with van der Waals surface area (Å²) in [5, 5.41) is 3.86. The highest BCUT2D eigenvalue weighted by Gasteiger charge is 2.56. The summed E-state index contributed by atoms with van der Waals surface area (Å²) in [5.74, 6) is -0.713. The Bertz CT molecular complexity index is 489. The van der Waals surface area contributed by atoms with Crippen molar-refractivity contribution in [3.63, 3.8) is 0 Å². The molecule has 1 aliphatic carbocycles. The van der Waals surface area contributed by atoms with Gasteiger partial charge in [0.05, 0.1) is 10.9 Å². The van der Waals surface area contributed by atoms with Gasteiger partial charge in [0.15, 0.2) is 5.69 Å². The van der Waals surface area contributed by atoms with Crippen molar-refractivity contribution in [1.29, 1.82) is 0 Å². The Balaban J connectivity index is 1.77. The molecular formula is C10H9Cl2F3N2OS. The molecule has 1 aromatic rings. The lowest BCUT2D eigenvalue weighted by molar-refractivity contribution is -0.140. The Morgan fingerprint density at radius 1 is 1.58 bits per heavy atom. The Hall–Kier alpha value is -0.530. The zero-order chi connectivity index (χ0) is 14.3. The van der Waals surface area contributed by atoms with Crippen molar-refractivity contribution in [3.05, 3.63) is 16.1 Å². The van der Waals surface area contributed by atoms with Crippen molar-refractivity contribution < 1.29 is 18.0 Å². The monoisotopic (exact) mass is 332 g/mol. The average Bonchev–Trinajstić information content (AvgIpc) is 2.74. The summed E-state index contributed by atoms with van der Waals surface area (Å²) >= 11 is 12.4. The van der Waals surface area contributed by atoms with E-state index in [1.54, 1.807) is 0 Å². The summed E-state index contributed by atoms with van der Waals surface area (Å²) in [6.45, 7) is 0.212. The van der Waals surface area contributed by atoms with Crippen molar-refractivity contribution in [1.82, 2.24) is 10.3 Å². The number of amides is 1. The zero-order valence-corrected chi connectivity index (χ0v) is 11.8. The number of hydrogen-bond acceptors (Lipinski definition) is 3. The average molecular weight is 333 g/mol. The molecule has 0 bridgehead atoms. The highest BCUT2D eigenvalue weighted by molar-refractivity contribution is 7.09. The van der Waals surface area contributed by atoms with Gasteiger partial charge < -0.3 is 5.32 Å². The molecule has 1 unspecified atom stereocenters. The lowest BCUT2D eigenvalue weighted by atomic mass is 10.3. The van der Waals surface area contributed by atoms with Gasteiger partial charge in [-0.15, -0.1) is 34.5 Å². The quantitative estimate of drug-likeness (QED) is 0.861. The maximum atomic E-state index is 12.3. The van der Waals surface area contributed by atoms with E-state index in [1.165, 1.54) is 0 Å². The van der Waals surface area contributed by atoms with Gasteiger partial charge in [0, 0.05) is 18.3 Å². The first-order valence-electron chi connectivity index (χ1n) is 5.37. The highest BCUT2D eigenvalue weighted by Crippen LogP contribution is 2.53. The van der Waals surface area contributed by atoms with Crippen LogP contribution in [0.25, 0.3) is 0 Å². The van der Waals surface area contributed by atoms with E-state index in [1.807, 2.05) is 0 Å². The molecule has 106 valence electrons. The topological polar surface area (TPSA) is 42.0 Å². The summed E-state index contributed by atoms with van der Waals surface area (Å²) < 4.78 is 35.9. The molecule has 3 nitrogen and oxygen atoms in total. The Labute approximate surface area is 121 Å². The van der Waals surface area contributed by atoms with E-state index in [9.17, 15) is 18.0 Å². The van der Waals surface area contributed by atoms with Gasteiger partial charge in [-0.1, -0.05) is 0 Å². The first-order chi connectivity index (χ1) is 8.70. The van der Waals surface area contributed by atoms with Gasteiger partial charge in [-0.3, -0.25) is 4.79 Å². The normalized spacial score (nSPS) is 21.2. The summed E-state index contributed by atoms with van der Waals surface area (Å²) in [6, 6.07) is 0. The number of thiazole rings is 1. The second-order valence-electron chi connectivity index (χ2n) is 4.18. The molecule has 1 saturated carbocycles. The lowest BCUT2D eigenvalue weighted by Crippen LogP contribution is -2.28. The van der Waals surface area contributed by atoms with E-state index in [-0.39, 0.29) is 18.9 Å². The van der Waals surface area contributed by atoms with Crippen LogP contribution in [0.1, 0.15) is 17.1 Å². The Morgan fingerprint density at radius 2 is 2.21 bits per heavy atom. The number of aromatic nitrogens is 1. The minimum atomic E-state index is -4.43. The van der Waals surface area contributed by atoms with Gasteiger partial charge in [0.2, 0.25) is 5.91 Å². The maximum absolute atomic E-state index is 12.3. The van der Waals surface area contributed by atoms with Crippen molar-refractivity contribution in [2.24, 2.45) is 5.92 Å². The number of hydrogen-bond donors (Lipinski definition) is 1. The first kappa shape index (κ1) is 14.9. The molecule has 0 aromatic carbocycles. The molecular weight excluding hydrogens is 324 g/mol. The second-order valence-corrected chi connectivity index (χ2v) is 6.67. The van der Waals surface area contributed by atoms with Crippen LogP contribution in [0.15, 0.2) is 5.38 Å². The number of alkyl halides is 5. The van der Waals surface area contributed by atoms with E-state index in [2.05, 4.69) is 10.3 Å². The first-order valence-corrected chi connectivity index (χ1v) is 7.01. The summed E-state index contributed by atoms with van der Waals surface area (Å²) in [4.78, 5) is 15.0. The largest absolute Gasteiger partial charge is 0.434 e. The number of nitrogens with zero attached hydrogens (tertiary/aromatic N) is 1. The van der Waals surface area contributed by atoms with E-state index in [0.717, 1.165) is 16.7 Å². The molecule has 1 atom stereocenters. The minimum Gasteiger partial charge on any atom is -0.355 e. The number of halogens is 5. The van der Waals surface area contributed by atoms with Gasteiger partial charge in [0.1, 0.15) is 4.33 Å². The SMILES string of the molecule is O=C(NCCc1nc(C(F)(F)F)cs1)C1CC1(Cl)Cl. The molecule has 1 aromatic heterocycles. The molecule has 0 spiro atoms. The molecule has 1 amide bonds. The summed E-state index contributed by atoms with van der Waals surface area (Å²) in [6.07, 6.45) is -3.78. The van der Waals surface area contributed by atoms with Crippen LogP contribution in [0.4, 0.5) is 13.2 Å². The molecule has 9 heteroatoms. The molecule has 1 aliphatic rings.